The maximum atomic E-state index is 11.6. The number of anilines is 1. The minimum absolute atomic E-state index is 0.00203. The molecular formula is C8H13N5O3S. The monoisotopic (exact) mass is 259 g/mol. The van der Waals surface area contributed by atoms with E-state index in [4.69, 9.17) is 5.73 Å². The molecule has 0 saturated carbocycles. The van der Waals surface area contributed by atoms with Crippen molar-refractivity contribution in [2.75, 3.05) is 18.8 Å². The molecule has 0 saturated heterocycles. The Morgan fingerprint density at radius 2 is 1.94 bits per heavy atom. The number of sulfonamides is 1. The Morgan fingerprint density at radius 1 is 1.35 bits per heavy atom. The van der Waals surface area contributed by atoms with Gasteiger partial charge in [0.15, 0.2) is 0 Å². The molecule has 0 atom stereocenters. The zero-order valence-electron chi connectivity index (χ0n) is 9.17. The number of nitrogens with zero attached hydrogens (tertiary/aromatic N) is 2. The number of hydrogen-bond acceptors (Lipinski definition) is 6. The van der Waals surface area contributed by atoms with E-state index >= 15 is 0 Å². The van der Waals surface area contributed by atoms with Crippen molar-refractivity contribution in [3.8, 4) is 0 Å². The molecule has 0 spiro atoms. The first-order valence-electron chi connectivity index (χ1n) is 4.73. The van der Waals surface area contributed by atoms with Crippen molar-refractivity contribution in [2.24, 2.45) is 0 Å². The van der Waals surface area contributed by atoms with Gasteiger partial charge in [-0.05, 0) is 0 Å². The van der Waals surface area contributed by atoms with Gasteiger partial charge in [0.2, 0.25) is 21.9 Å². The predicted molar refractivity (Wildman–Crippen MR) is 60.3 cm³/mol. The zero-order chi connectivity index (χ0) is 12.9. The molecule has 0 aromatic carbocycles. The molecule has 0 bridgehead atoms. The van der Waals surface area contributed by atoms with Gasteiger partial charge in [-0.1, -0.05) is 0 Å². The van der Waals surface area contributed by atoms with Crippen LogP contribution in [0.4, 0.5) is 5.95 Å². The number of nitrogens with two attached hydrogens (primary N) is 1. The second-order valence-corrected chi connectivity index (χ2v) is 4.92. The van der Waals surface area contributed by atoms with E-state index in [2.05, 4.69) is 20.0 Å². The average Bonchev–Trinajstić information content (AvgIpc) is 2.25. The molecule has 94 valence electrons. The van der Waals surface area contributed by atoms with Gasteiger partial charge in [-0.25, -0.2) is 23.1 Å². The van der Waals surface area contributed by atoms with Gasteiger partial charge in [0, 0.05) is 20.0 Å². The molecule has 1 rings (SSSR count). The smallest absolute Gasteiger partial charge is 0.243 e. The summed E-state index contributed by atoms with van der Waals surface area (Å²) < 4.78 is 25.6. The Hall–Kier alpha value is -1.74. The molecule has 1 aromatic rings. The number of hydrogen-bond donors (Lipinski definition) is 3. The molecule has 0 unspecified atom stereocenters. The minimum Gasteiger partial charge on any atom is -0.368 e. The molecule has 0 aliphatic heterocycles. The lowest BCUT2D eigenvalue weighted by Gasteiger charge is -2.06. The molecule has 17 heavy (non-hydrogen) atoms. The molecule has 1 amide bonds. The van der Waals surface area contributed by atoms with Crippen molar-refractivity contribution in [3.63, 3.8) is 0 Å². The Labute approximate surface area is 98.7 Å². The lowest BCUT2D eigenvalue weighted by atomic mass is 10.6. The van der Waals surface area contributed by atoms with E-state index < -0.39 is 10.0 Å². The van der Waals surface area contributed by atoms with Crippen molar-refractivity contribution >= 4 is 21.9 Å². The van der Waals surface area contributed by atoms with E-state index in [9.17, 15) is 13.2 Å². The molecular weight excluding hydrogens is 246 g/mol. The third kappa shape index (κ3) is 4.33. The fourth-order valence-corrected chi connectivity index (χ4v) is 1.89. The molecule has 9 heteroatoms. The van der Waals surface area contributed by atoms with Gasteiger partial charge >= 0.3 is 0 Å². The minimum atomic E-state index is -3.66. The number of rotatable bonds is 5. The highest BCUT2D eigenvalue weighted by Crippen LogP contribution is 2.04. The Bertz CT molecular complexity index is 484. The molecule has 4 N–H and O–H groups in total. The number of aromatic nitrogens is 2. The van der Waals surface area contributed by atoms with Crippen LogP contribution in [0.2, 0.25) is 0 Å². The topological polar surface area (TPSA) is 127 Å². The predicted octanol–water partition coefficient (Wildman–Crippen LogP) is -1.53. The highest BCUT2D eigenvalue weighted by molar-refractivity contribution is 7.89. The third-order valence-electron chi connectivity index (χ3n) is 1.75. The van der Waals surface area contributed by atoms with Gasteiger partial charge in [-0.15, -0.1) is 0 Å². The van der Waals surface area contributed by atoms with Crippen LogP contribution in [0.1, 0.15) is 6.92 Å². The summed E-state index contributed by atoms with van der Waals surface area (Å²) >= 11 is 0. The van der Waals surface area contributed by atoms with E-state index in [1.807, 2.05) is 0 Å². The fourth-order valence-electron chi connectivity index (χ4n) is 0.972. The third-order valence-corrected chi connectivity index (χ3v) is 3.17. The number of nitrogen functional groups attached to an aromatic ring is 1. The van der Waals surface area contributed by atoms with Crippen molar-refractivity contribution in [1.29, 1.82) is 0 Å². The molecule has 1 heterocycles. The molecule has 1 aromatic heterocycles. The van der Waals surface area contributed by atoms with Gasteiger partial charge in [-0.2, -0.15) is 0 Å². The number of carbonyl (C=O) groups is 1. The van der Waals surface area contributed by atoms with Crippen molar-refractivity contribution in [3.05, 3.63) is 12.4 Å². The Kier molecular flexibility index (Phi) is 4.35. The number of nitrogens with one attached hydrogen (secondary N) is 2. The van der Waals surface area contributed by atoms with Crippen LogP contribution in [0.25, 0.3) is 0 Å². The molecule has 8 nitrogen and oxygen atoms in total. The van der Waals surface area contributed by atoms with Crippen LogP contribution in [0.3, 0.4) is 0 Å². The molecule has 0 aliphatic rings. The summed E-state index contributed by atoms with van der Waals surface area (Å²) in [6.45, 7) is 1.65. The number of carbonyl (C=O) groups excluding carboxylic acids is 1. The van der Waals surface area contributed by atoms with Gasteiger partial charge in [0.1, 0.15) is 4.90 Å². The first-order valence-corrected chi connectivity index (χ1v) is 6.22. The maximum Gasteiger partial charge on any atom is 0.243 e. The van der Waals surface area contributed by atoms with Crippen LogP contribution in [0.15, 0.2) is 17.3 Å². The summed E-state index contributed by atoms with van der Waals surface area (Å²) in [5, 5.41) is 2.46. The van der Waals surface area contributed by atoms with Gasteiger partial charge in [0.25, 0.3) is 0 Å². The van der Waals surface area contributed by atoms with E-state index in [-0.39, 0.29) is 29.8 Å². The fraction of sp³-hybridized carbons (Fsp3) is 0.375. The second-order valence-electron chi connectivity index (χ2n) is 3.16. The second kappa shape index (κ2) is 5.55. The summed E-state index contributed by atoms with van der Waals surface area (Å²) in [5.74, 6) is -0.220. The average molecular weight is 259 g/mol. The lowest BCUT2D eigenvalue weighted by molar-refractivity contribution is -0.118. The van der Waals surface area contributed by atoms with E-state index in [1.54, 1.807) is 0 Å². The van der Waals surface area contributed by atoms with Crippen molar-refractivity contribution in [1.82, 2.24) is 20.0 Å². The number of amides is 1. The molecule has 0 radical (unpaired) electrons. The van der Waals surface area contributed by atoms with Crippen molar-refractivity contribution in [2.45, 2.75) is 11.8 Å². The van der Waals surface area contributed by atoms with Crippen LogP contribution in [0, 0.1) is 0 Å². The van der Waals surface area contributed by atoms with Crippen LogP contribution in [-0.2, 0) is 14.8 Å². The highest BCUT2D eigenvalue weighted by Gasteiger charge is 2.13. The van der Waals surface area contributed by atoms with Crippen LogP contribution >= 0.6 is 0 Å². The van der Waals surface area contributed by atoms with E-state index in [1.165, 1.54) is 6.92 Å². The summed E-state index contributed by atoms with van der Waals surface area (Å²) in [6.07, 6.45) is 2.23. The largest absolute Gasteiger partial charge is 0.368 e. The normalized spacial score (nSPS) is 11.1. The Balaban J connectivity index is 2.57. The Morgan fingerprint density at radius 3 is 2.47 bits per heavy atom. The van der Waals surface area contributed by atoms with Gasteiger partial charge < -0.3 is 11.1 Å². The van der Waals surface area contributed by atoms with E-state index in [0.29, 0.717) is 0 Å². The van der Waals surface area contributed by atoms with Crippen LogP contribution in [-0.4, -0.2) is 37.4 Å². The standard InChI is InChI=1S/C8H13N5O3S/c1-6(14)10-2-3-13-17(15,16)7-4-11-8(9)12-5-7/h4-5,13H,2-3H2,1H3,(H,10,14)(H2,9,11,12). The lowest BCUT2D eigenvalue weighted by Crippen LogP contribution is -2.33. The SMILES string of the molecule is CC(=O)NCCNS(=O)(=O)c1cnc(N)nc1. The summed E-state index contributed by atoms with van der Waals surface area (Å²) in [5.41, 5.74) is 5.24. The summed E-state index contributed by atoms with van der Waals surface area (Å²) in [6, 6.07) is 0. The van der Waals surface area contributed by atoms with Crippen LogP contribution < -0.4 is 15.8 Å². The zero-order valence-corrected chi connectivity index (χ0v) is 9.99. The molecule has 0 fully saturated rings. The van der Waals surface area contributed by atoms with Crippen molar-refractivity contribution < 1.29 is 13.2 Å². The first kappa shape index (κ1) is 13.3. The summed E-state index contributed by atoms with van der Waals surface area (Å²) in [7, 11) is -3.66. The van der Waals surface area contributed by atoms with Gasteiger partial charge in [0.05, 0.1) is 12.4 Å². The quantitative estimate of drug-likeness (QED) is 0.551. The van der Waals surface area contributed by atoms with Gasteiger partial charge in [-0.3, -0.25) is 4.79 Å². The first-order chi connectivity index (χ1) is 7.92. The summed E-state index contributed by atoms with van der Waals surface area (Å²) in [4.78, 5) is 17.6. The molecule has 0 aliphatic carbocycles. The van der Waals surface area contributed by atoms with E-state index in [0.717, 1.165) is 12.4 Å². The maximum absolute atomic E-state index is 11.6. The van der Waals surface area contributed by atoms with Crippen LogP contribution in [0.5, 0.6) is 0 Å². The highest BCUT2D eigenvalue weighted by atomic mass is 32.2.